The van der Waals surface area contributed by atoms with Crippen molar-refractivity contribution < 1.29 is 9.47 Å². The fourth-order valence-corrected chi connectivity index (χ4v) is 4.76. The molecule has 200 valence electrons. The van der Waals surface area contributed by atoms with Gasteiger partial charge in [-0.3, -0.25) is 9.36 Å². The number of benzene rings is 3. The van der Waals surface area contributed by atoms with Gasteiger partial charge in [0.2, 0.25) is 0 Å². The molecule has 1 fully saturated rings. The van der Waals surface area contributed by atoms with Crippen LogP contribution in [0.5, 0.6) is 11.5 Å². The molecule has 0 saturated carbocycles. The molecule has 0 radical (unpaired) electrons. The fourth-order valence-electron chi connectivity index (χ4n) is 4.76. The van der Waals surface area contributed by atoms with Crippen molar-refractivity contribution in [3.05, 3.63) is 95.3 Å². The number of anilines is 1. The number of piperazine rings is 1. The minimum atomic E-state index is -0.129. The average Bonchev–Trinajstić information content (AvgIpc) is 2.97. The molecule has 0 N–H and O–H groups in total. The molecule has 4 aromatic rings. The van der Waals surface area contributed by atoms with Crippen LogP contribution in [0.25, 0.3) is 16.8 Å². The summed E-state index contributed by atoms with van der Waals surface area (Å²) in [6, 6.07) is 26.6. The molecular formula is C31H33N5O3. The van der Waals surface area contributed by atoms with Crippen LogP contribution in [0.4, 0.5) is 17.2 Å². The summed E-state index contributed by atoms with van der Waals surface area (Å²) in [6.07, 6.45) is 0. The lowest BCUT2D eigenvalue weighted by Crippen LogP contribution is -2.46. The first kappa shape index (κ1) is 26.2. The maximum atomic E-state index is 13.8. The topological polar surface area (TPSA) is 71.7 Å². The van der Waals surface area contributed by atoms with E-state index in [1.54, 1.807) is 17.7 Å². The molecule has 2 heterocycles. The second kappa shape index (κ2) is 12.0. The summed E-state index contributed by atoms with van der Waals surface area (Å²) in [5, 5.41) is 9.48. The molecule has 0 bridgehead atoms. The van der Waals surface area contributed by atoms with Gasteiger partial charge in [-0.1, -0.05) is 42.5 Å². The lowest BCUT2D eigenvalue weighted by atomic mass is 10.0. The normalized spacial score (nSPS) is 14.1. The van der Waals surface area contributed by atoms with Gasteiger partial charge >= 0.3 is 0 Å². The largest absolute Gasteiger partial charge is 0.494 e. The Labute approximate surface area is 228 Å². The Morgan fingerprint density at radius 2 is 1.54 bits per heavy atom. The van der Waals surface area contributed by atoms with Gasteiger partial charge in [-0.25, -0.2) is 0 Å². The van der Waals surface area contributed by atoms with E-state index in [0.717, 1.165) is 49.0 Å². The van der Waals surface area contributed by atoms with Crippen molar-refractivity contribution in [2.75, 3.05) is 51.8 Å². The number of azo groups is 1. The number of methoxy groups -OCH3 is 1. The van der Waals surface area contributed by atoms with Gasteiger partial charge in [0, 0.05) is 37.8 Å². The number of likely N-dealkylation sites (N-methyl/N-ethyl adjacent to an activating group) is 1. The van der Waals surface area contributed by atoms with Crippen LogP contribution in [0.15, 0.2) is 100.0 Å². The standard InChI is InChI=1S/C31H33N5O3/c1-4-39-25-16-14-23(15-17-25)26-22-29(37)36(24-10-6-5-7-11-24)31(35-20-18-34(2)19-21-35)30(26)33-32-27-12-8-9-13-28(27)38-3/h5-17,22H,4,18-21H2,1-3H3. The molecular weight excluding hydrogens is 490 g/mol. The van der Waals surface area contributed by atoms with E-state index in [1.807, 2.05) is 85.8 Å². The molecule has 1 saturated heterocycles. The van der Waals surface area contributed by atoms with E-state index in [1.165, 1.54) is 0 Å². The Kier molecular flexibility index (Phi) is 8.03. The van der Waals surface area contributed by atoms with Crippen molar-refractivity contribution in [2.45, 2.75) is 6.92 Å². The highest BCUT2D eigenvalue weighted by atomic mass is 16.5. The molecule has 39 heavy (non-hydrogen) atoms. The third-order valence-corrected chi connectivity index (χ3v) is 6.80. The quantitative estimate of drug-likeness (QED) is 0.262. The molecule has 0 amide bonds. The Morgan fingerprint density at radius 3 is 2.23 bits per heavy atom. The molecule has 3 aromatic carbocycles. The van der Waals surface area contributed by atoms with Crippen LogP contribution in [0.2, 0.25) is 0 Å². The fraction of sp³-hybridized carbons (Fsp3) is 0.258. The maximum Gasteiger partial charge on any atom is 0.257 e. The zero-order valence-corrected chi connectivity index (χ0v) is 22.6. The van der Waals surface area contributed by atoms with E-state index in [-0.39, 0.29) is 5.56 Å². The van der Waals surface area contributed by atoms with Crippen molar-refractivity contribution in [3.63, 3.8) is 0 Å². The third kappa shape index (κ3) is 5.71. The molecule has 0 aliphatic carbocycles. The number of hydrogen-bond acceptors (Lipinski definition) is 7. The highest BCUT2D eigenvalue weighted by molar-refractivity contribution is 5.84. The Morgan fingerprint density at radius 1 is 0.846 bits per heavy atom. The second-order valence-electron chi connectivity index (χ2n) is 9.36. The minimum Gasteiger partial charge on any atom is -0.494 e. The predicted octanol–water partition coefficient (Wildman–Crippen LogP) is 6.08. The van der Waals surface area contributed by atoms with E-state index >= 15 is 0 Å². The summed E-state index contributed by atoms with van der Waals surface area (Å²) in [4.78, 5) is 18.4. The van der Waals surface area contributed by atoms with Crippen LogP contribution >= 0.6 is 0 Å². The number of nitrogens with zero attached hydrogens (tertiary/aromatic N) is 5. The van der Waals surface area contributed by atoms with Crippen molar-refractivity contribution in [3.8, 4) is 28.3 Å². The SMILES string of the molecule is CCOc1ccc(-c2cc(=O)n(-c3ccccc3)c(N3CCN(C)CC3)c2N=Nc2ccccc2OC)cc1. The first-order valence-electron chi connectivity index (χ1n) is 13.2. The second-order valence-corrected chi connectivity index (χ2v) is 9.36. The van der Waals surface area contributed by atoms with E-state index < -0.39 is 0 Å². The van der Waals surface area contributed by atoms with Crippen molar-refractivity contribution in [1.29, 1.82) is 0 Å². The smallest absolute Gasteiger partial charge is 0.257 e. The molecule has 8 nitrogen and oxygen atoms in total. The summed E-state index contributed by atoms with van der Waals surface area (Å²) in [5.74, 6) is 2.13. The molecule has 0 atom stereocenters. The van der Waals surface area contributed by atoms with Gasteiger partial charge in [0.25, 0.3) is 5.56 Å². The number of ether oxygens (including phenoxy) is 2. The maximum absolute atomic E-state index is 13.8. The third-order valence-electron chi connectivity index (χ3n) is 6.80. The van der Waals surface area contributed by atoms with Crippen molar-refractivity contribution in [2.24, 2.45) is 10.2 Å². The highest BCUT2D eigenvalue weighted by Gasteiger charge is 2.25. The van der Waals surface area contributed by atoms with E-state index in [2.05, 4.69) is 22.0 Å². The van der Waals surface area contributed by atoms with E-state index in [9.17, 15) is 4.79 Å². The summed E-state index contributed by atoms with van der Waals surface area (Å²) in [5.41, 5.74) is 3.46. The van der Waals surface area contributed by atoms with Crippen LogP contribution < -0.4 is 19.9 Å². The van der Waals surface area contributed by atoms with E-state index in [0.29, 0.717) is 29.3 Å². The molecule has 1 aromatic heterocycles. The van der Waals surface area contributed by atoms with E-state index in [4.69, 9.17) is 14.6 Å². The zero-order chi connectivity index (χ0) is 27.2. The van der Waals surface area contributed by atoms with Gasteiger partial charge in [-0.15, -0.1) is 10.2 Å². The molecule has 5 rings (SSSR count). The summed E-state index contributed by atoms with van der Waals surface area (Å²) >= 11 is 0. The molecule has 0 spiro atoms. The molecule has 8 heteroatoms. The number of para-hydroxylation sites is 2. The highest BCUT2D eigenvalue weighted by Crippen LogP contribution is 2.41. The van der Waals surface area contributed by atoms with Crippen LogP contribution in [-0.4, -0.2) is 56.4 Å². The number of hydrogen-bond donors (Lipinski definition) is 0. The van der Waals surface area contributed by atoms with Crippen LogP contribution in [-0.2, 0) is 0 Å². The molecule has 0 unspecified atom stereocenters. The Bertz CT molecular complexity index is 1490. The van der Waals surface area contributed by atoms with Gasteiger partial charge in [0.1, 0.15) is 28.7 Å². The zero-order valence-electron chi connectivity index (χ0n) is 22.6. The minimum absolute atomic E-state index is 0.129. The summed E-state index contributed by atoms with van der Waals surface area (Å²) in [7, 11) is 3.73. The van der Waals surface area contributed by atoms with Crippen molar-refractivity contribution in [1.82, 2.24) is 9.47 Å². The Balaban J connectivity index is 1.77. The lowest BCUT2D eigenvalue weighted by Gasteiger charge is -2.36. The predicted molar refractivity (Wildman–Crippen MR) is 156 cm³/mol. The average molecular weight is 524 g/mol. The number of rotatable bonds is 8. The summed E-state index contributed by atoms with van der Waals surface area (Å²) < 4.78 is 12.9. The van der Waals surface area contributed by atoms with Crippen LogP contribution in [0.1, 0.15) is 6.92 Å². The number of pyridine rings is 1. The molecule has 1 aliphatic rings. The summed E-state index contributed by atoms with van der Waals surface area (Å²) in [6.45, 7) is 5.80. The van der Waals surface area contributed by atoms with Gasteiger partial charge in [-0.05, 0) is 55.9 Å². The van der Waals surface area contributed by atoms with Gasteiger partial charge in [0.15, 0.2) is 0 Å². The van der Waals surface area contributed by atoms with Gasteiger partial charge in [0.05, 0.1) is 19.4 Å². The monoisotopic (exact) mass is 523 g/mol. The van der Waals surface area contributed by atoms with Gasteiger partial charge in [-0.2, -0.15) is 0 Å². The van der Waals surface area contributed by atoms with Gasteiger partial charge < -0.3 is 19.3 Å². The Hall–Kier alpha value is -4.43. The van der Waals surface area contributed by atoms with Crippen molar-refractivity contribution >= 4 is 17.2 Å². The van der Waals surface area contributed by atoms with Crippen LogP contribution in [0, 0.1) is 0 Å². The first-order valence-corrected chi connectivity index (χ1v) is 13.2. The van der Waals surface area contributed by atoms with Crippen LogP contribution in [0.3, 0.4) is 0 Å². The number of aromatic nitrogens is 1. The molecule has 1 aliphatic heterocycles. The first-order chi connectivity index (χ1) is 19.1. The lowest BCUT2D eigenvalue weighted by molar-refractivity contribution is 0.311.